The molecule has 0 aliphatic rings. The zero-order valence-corrected chi connectivity index (χ0v) is 14.8. The summed E-state index contributed by atoms with van der Waals surface area (Å²) in [6.07, 6.45) is 0.593. The lowest BCUT2D eigenvalue weighted by Crippen LogP contribution is -2.08. The van der Waals surface area contributed by atoms with Gasteiger partial charge in [0, 0.05) is 5.56 Å². The second-order valence-electron chi connectivity index (χ2n) is 5.47. The first-order valence-electron chi connectivity index (χ1n) is 8.04. The summed E-state index contributed by atoms with van der Waals surface area (Å²) < 4.78 is 9.62. The maximum Gasteiger partial charge on any atom is 0.339 e. The van der Waals surface area contributed by atoms with Crippen molar-refractivity contribution in [3.05, 3.63) is 52.6 Å². The molecule has 0 aromatic heterocycles. The number of ether oxygens (including phenoxy) is 2. The van der Waals surface area contributed by atoms with Crippen LogP contribution in [0.1, 0.15) is 45.2 Å². The standard InChI is InChI=1S/C20H18O7/c1-3-10-27-20(25)15-11-16(21)18(23)17(22)14(15)9-6-12-4-7-13(8-5-12)19(24)26-2/h4-5,7-8,11,21-23H,3,10H2,1-2H3. The number of hydrogen-bond acceptors (Lipinski definition) is 7. The number of phenols is 3. The van der Waals surface area contributed by atoms with Crippen molar-refractivity contribution in [2.75, 3.05) is 13.7 Å². The van der Waals surface area contributed by atoms with Crippen molar-refractivity contribution in [3.8, 4) is 29.1 Å². The van der Waals surface area contributed by atoms with Gasteiger partial charge in [0.05, 0.1) is 30.4 Å². The maximum absolute atomic E-state index is 12.2. The normalized spacial score (nSPS) is 9.85. The summed E-state index contributed by atoms with van der Waals surface area (Å²) in [6.45, 7) is 1.97. The Balaban J connectivity index is 2.43. The minimum Gasteiger partial charge on any atom is -0.504 e. The fourth-order valence-electron chi connectivity index (χ4n) is 2.15. The summed E-state index contributed by atoms with van der Waals surface area (Å²) in [5.74, 6) is 1.87. The molecule has 0 aliphatic heterocycles. The van der Waals surface area contributed by atoms with Gasteiger partial charge in [-0.2, -0.15) is 0 Å². The minimum absolute atomic E-state index is 0.156. The highest BCUT2D eigenvalue weighted by molar-refractivity contribution is 5.95. The largest absolute Gasteiger partial charge is 0.504 e. The van der Waals surface area contributed by atoms with E-state index < -0.39 is 29.2 Å². The molecule has 0 aliphatic carbocycles. The van der Waals surface area contributed by atoms with Crippen molar-refractivity contribution in [1.29, 1.82) is 0 Å². The van der Waals surface area contributed by atoms with Gasteiger partial charge in [0.15, 0.2) is 11.5 Å². The van der Waals surface area contributed by atoms with Gasteiger partial charge in [0.25, 0.3) is 0 Å². The van der Waals surface area contributed by atoms with Crippen molar-refractivity contribution in [1.82, 2.24) is 0 Å². The Morgan fingerprint density at radius 2 is 1.67 bits per heavy atom. The van der Waals surface area contributed by atoms with Crippen molar-refractivity contribution in [2.45, 2.75) is 13.3 Å². The first kappa shape index (κ1) is 19.7. The van der Waals surface area contributed by atoms with Crippen LogP contribution in [0.2, 0.25) is 0 Å². The van der Waals surface area contributed by atoms with Gasteiger partial charge in [-0.05, 0) is 36.8 Å². The molecule has 0 bridgehead atoms. The summed E-state index contributed by atoms with van der Waals surface area (Å²) >= 11 is 0. The highest BCUT2D eigenvalue weighted by Crippen LogP contribution is 2.39. The molecular weight excluding hydrogens is 352 g/mol. The number of benzene rings is 2. The molecule has 0 unspecified atom stereocenters. The molecule has 140 valence electrons. The summed E-state index contributed by atoms with van der Waals surface area (Å²) in [6, 6.07) is 7.13. The van der Waals surface area contributed by atoms with E-state index >= 15 is 0 Å². The molecule has 0 heterocycles. The number of aromatic hydroxyl groups is 3. The number of phenolic OH excluding ortho intramolecular Hbond substituents is 3. The molecule has 0 fully saturated rings. The zero-order chi connectivity index (χ0) is 20.0. The number of esters is 2. The lowest BCUT2D eigenvalue weighted by molar-refractivity contribution is 0.0503. The Bertz CT molecular complexity index is 918. The van der Waals surface area contributed by atoms with E-state index in [9.17, 15) is 24.9 Å². The predicted molar refractivity (Wildman–Crippen MR) is 95.8 cm³/mol. The second kappa shape index (κ2) is 8.63. The van der Waals surface area contributed by atoms with Crippen molar-refractivity contribution < 1.29 is 34.4 Å². The fraction of sp³-hybridized carbons (Fsp3) is 0.200. The topological polar surface area (TPSA) is 113 Å². The lowest BCUT2D eigenvalue weighted by Gasteiger charge is -2.09. The van der Waals surface area contributed by atoms with Crippen LogP contribution in [0.3, 0.4) is 0 Å². The monoisotopic (exact) mass is 370 g/mol. The molecule has 3 N–H and O–H groups in total. The van der Waals surface area contributed by atoms with E-state index in [4.69, 9.17) is 4.74 Å². The van der Waals surface area contributed by atoms with E-state index in [0.717, 1.165) is 6.07 Å². The van der Waals surface area contributed by atoms with Crippen LogP contribution in [-0.4, -0.2) is 41.0 Å². The van der Waals surface area contributed by atoms with Crippen LogP contribution in [-0.2, 0) is 9.47 Å². The zero-order valence-electron chi connectivity index (χ0n) is 14.8. The molecule has 0 spiro atoms. The maximum atomic E-state index is 12.2. The molecule has 2 aromatic carbocycles. The third-order valence-electron chi connectivity index (χ3n) is 3.55. The molecule has 0 saturated carbocycles. The average Bonchev–Trinajstić information content (AvgIpc) is 2.69. The summed E-state index contributed by atoms with van der Waals surface area (Å²) in [5.41, 5.74) is 0.484. The Labute approximate surface area is 155 Å². The number of carbonyl (C=O) groups excluding carboxylic acids is 2. The highest BCUT2D eigenvalue weighted by Gasteiger charge is 2.21. The van der Waals surface area contributed by atoms with Crippen LogP contribution in [0, 0.1) is 11.8 Å². The smallest absolute Gasteiger partial charge is 0.339 e. The third kappa shape index (κ3) is 4.50. The van der Waals surface area contributed by atoms with Crippen LogP contribution < -0.4 is 0 Å². The number of rotatable bonds is 4. The SMILES string of the molecule is CCCOC(=O)c1cc(O)c(O)c(O)c1C#Cc1ccc(C(=O)OC)cc1. The van der Waals surface area contributed by atoms with Crippen molar-refractivity contribution >= 4 is 11.9 Å². The average molecular weight is 370 g/mol. The third-order valence-corrected chi connectivity index (χ3v) is 3.55. The van der Waals surface area contributed by atoms with Gasteiger partial charge in [-0.1, -0.05) is 18.8 Å². The van der Waals surface area contributed by atoms with E-state index in [1.165, 1.54) is 19.2 Å². The van der Waals surface area contributed by atoms with Gasteiger partial charge >= 0.3 is 11.9 Å². The molecule has 2 rings (SSSR count). The van der Waals surface area contributed by atoms with Crippen LogP contribution in [0.4, 0.5) is 0 Å². The molecule has 0 radical (unpaired) electrons. The number of hydrogen-bond donors (Lipinski definition) is 3. The quantitative estimate of drug-likeness (QED) is 0.431. The van der Waals surface area contributed by atoms with Crippen molar-refractivity contribution in [3.63, 3.8) is 0 Å². The van der Waals surface area contributed by atoms with Gasteiger partial charge in [0.2, 0.25) is 5.75 Å². The highest BCUT2D eigenvalue weighted by atomic mass is 16.5. The molecule has 0 amide bonds. The summed E-state index contributed by atoms with van der Waals surface area (Å²) in [4.78, 5) is 23.6. The molecule has 7 nitrogen and oxygen atoms in total. The van der Waals surface area contributed by atoms with Crippen LogP contribution in [0.15, 0.2) is 30.3 Å². The number of methoxy groups -OCH3 is 1. The fourth-order valence-corrected chi connectivity index (χ4v) is 2.15. The van der Waals surface area contributed by atoms with Gasteiger partial charge in [-0.3, -0.25) is 0 Å². The molecular formula is C20H18O7. The Morgan fingerprint density at radius 1 is 1.00 bits per heavy atom. The molecule has 7 heteroatoms. The van der Waals surface area contributed by atoms with E-state index in [2.05, 4.69) is 16.6 Å². The Kier molecular flexibility index (Phi) is 6.28. The van der Waals surface area contributed by atoms with E-state index in [-0.39, 0.29) is 17.7 Å². The Hall–Kier alpha value is -3.66. The van der Waals surface area contributed by atoms with E-state index in [1.54, 1.807) is 12.1 Å². The minimum atomic E-state index is -0.785. The predicted octanol–water partition coefficient (Wildman–Crippen LogP) is 2.56. The first-order valence-corrected chi connectivity index (χ1v) is 8.04. The summed E-state index contributed by atoms with van der Waals surface area (Å²) in [7, 11) is 1.27. The van der Waals surface area contributed by atoms with Gasteiger partial charge in [0.1, 0.15) is 0 Å². The summed E-state index contributed by atoms with van der Waals surface area (Å²) in [5, 5.41) is 29.5. The molecule has 0 atom stereocenters. The first-order chi connectivity index (χ1) is 12.9. The molecule has 2 aromatic rings. The van der Waals surface area contributed by atoms with Crippen LogP contribution >= 0.6 is 0 Å². The van der Waals surface area contributed by atoms with Gasteiger partial charge in [-0.15, -0.1) is 0 Å². The van der Waals surface area contributed by atoms with Gasteiger partial charge < -0.3 is 24.8 Å². The van der Waals surface area contributed by atoms with Crippen LogP contribution in [0.5, 0.6) is 17.2 Å². The molecule has 0 saturated heterocycles. The van der Waals surface area contributed by atoms with Crippen molar-refractivity contribution in [2.24, 2.45) is 0 Å². The van der Waals surface area contributed by atoms with E-state index in [1.807, 2.05) is 6.92 Å². The van der Waals surface area contributed by atoms with Crippen LogP contribution in [0.25, 0.3) is 0 Å². The lowest BCUT2D eigenvalue weighted by atomic mass is 10.0. The number of carbonyl (C=O) groups is 2. The van der Waals surface area contributed by atoms with Gasteiger partial charge in [-0.25, -0.2) is 9.59 Å². The Morgan fingerprint density at radius 3 is 2.26 bits per heavy atom. The second-order valence-corrected chi connectivity index (χ2v) is 5.47. The molecule has 27 heavy (non-hydrogen) atoms. The van der Waals surface area contributed by atoms with E-state index in [0.29, 0.717) is 17.5 Å².